The third kappa shape index (κ3) is 2.23. The number of benzene rings is 1. The summed E-state index contributed by atoms with van der Waals surface area (Å²) in [5.41, 5.74) is -1.01. The minimum absolute atomic E-state index is 0.312. The fourth-order valence-corrected chi connectivity index (χ4v) is 2.69. The monoisotopic (exact) mass is 296 g/mol. The molecule has 1 saturated heterocycles. The van der Waals surface area contributed by atoms with Crippen LogP contribution in [-0.4, -0.2) is 69.1 Å². The molecule has 6 atom stereocenters. The van der Waals surface area contributed by atoms with Crippen LogP contribution in [0.4, 0.5) is 0 Å². The van der Waals surface area contributed by atoms with E-state index in [0.717, 1.165) is 0 Å². The number of esters is 1. The van der Waals surface area contributed by atoms with E-state index in [1.54, 1.807) is 30.3 Å². The van der Waals surface area contributed by atoms with E-state index in [9.17, 15) is 25.2 Å². The van der Waals surface area contributed by atoms with Crippen LogP contribution in [0.1, 0.15) is 10.4 Å². The molecular formula is C14H16O7. The number of aliphatic hydroxyl groups excluding tert-OH is 4. The van der Waals surface area contributed by atoms with E-state index < -0.39 is 42.1 Å². The molecule has 1 heterocycles. The van der Waals surface area contributed by atoms with E-state index in [2.05, 4.69) is 0 Å². The van der Waals surface area contributed by atoms with Crippen molar-refractivity contribution >= 4 is 5.97 Å². The maximum atomic E-state index is 11.8. The molecule has 1 aromatic carbocycles. The fourth-order valence-electron chi connectivity index (χ4n) is 2.69. The largest absolute Gasteiger partial charge is 0.459 e. The van der Waals surface area contributed by atoms with E-state index in [4.69, 9.17) is 9.47 Å². The van der Waals surface area contributed by atoms with Crippen molar-refractivity contribution in [3.05, 3.63) is 35.9 Å². The van der Waals surface area contributed by atoms with Crippen LogP contribution in [0, 0.1) is 0 Å². The summed E-state index contributed by atoms with van der Waals surface area (Å²) in [4.78, 5) is 11.8. The minimum Gasteiger partial charge on any atom is -0.459 e. The first-order valence-corrected chi connectivity index (χ1v) is 6.59. The topological polar surface area (TPSA) is 120 Å². The highest BCUT2D eigenvalue weighted by atomic mass is 16.7. The van der Waals surface area contributed by atoms with Gasteiger partial charge in [0.05, 0.1) is 5.56 Å². The maximum absolute atomic E-state index is 11.8. The van der Waals surface area contributed by atoms with Gasteiger partial charge in [0.15, 0.2) is 5.60 Å². The van der Waals surface area contributed by atoms with Crippen LogP contribution in [-0.2, 0) is 9.47 Å². The average Bonchev–Trinajstić information content (AvgIpc) is 3.26. The predicted molar refractivity (Wildman–Crippen MR) is 68.4 cm³/mol. The van der Waals surface area contributed by atoms with E-state index in [1.165, 1.54) is 0 Å². The van der Waals surface area contributed by atoms with E-state index in [0.29, 0.717) is 5.56 Å². The van der Waals surface area contributed by atoms with Gasteiger partial charge in [0.1, 0.15) is 37.1 Å². The van der Waals surface area contributed by atoms with Gasteiger partial charge in [-0.1, -0.05) is 18.2 Å². The molecule has 3 rings (SSSR count). The molecule has 0 amide bonds. The van der Waals surface area contributed by atoms with Crippen LogP contribution < -0.4 is 0 Å². The zero-order chi connectivity index (χ0) is 15.2. The zero-order valence-electron chi connectivity index (χ0n) is 11.0. The lowest BCUT2D eigenvalue weighted by molar-refractivity contribution is -0.142. The summed E-state index contributed by atoms with van der Waals surface area (Å²) in [6.45, 7) is -0.312. The molecule has 1 aliphatic carbocycles. The molecule has 0 bridgehead atoms. The number of hydrogen-bond donors (Lipinski definition) is 4. The predicted octanol–water partition coefficient (Wildman–Crippen LogP) is -1.56. The van der Waals surface area contributed by atoms with Gasteiger partial charge in [-0.25, -0.2) is 4.79 Å². The lowest BCUT2D eigenvalue weighted by Gasteiger charge is -2.34. The average molecular weight is 296 g/mol. The highest BCUT2D eigenvalue weighted by Crippen LogP contribution is 2.48. The molecule has 1 aliphatic heterocycles. The SMILES string of the molecule is O=C(OCC12OC1C(O)C(O)C(O)C2O)c1ccccc1. The van der Waals surface area contributed by atoms with Crippen molar-refractivity contribution < 1.29 is 34.7 Å². The molecule has 0 aromatic heterocycles. The second kappa shape index (κ2) is 5.04. The minimum atomic E-state index is -1.56. The van der Waals surface area contributed by atoms with Gasteiger partial charge < -0.3 is 29.9 Å². The van der Waals surface area contributed by atoms with E-state index in [1.807, 2.05) is 0 Å². The molecule has 21 heavy (non-hydrogen) atoms. The molecule has 7 nitrogen and oxygen atoms in total. The van der Waals surface area contributed by atoms with E-state index in [-0.39, 0.29) is 6.61 Å². The second-order valence-electron chi connectivity index (χ2n) is 5.35. The van der Waals surface area contributed by atoms with Crippen LogP contribution in [0.15, 0.2) is 30.3 Å². The number of epoxide rings is 1. The Morgan fingerprint density at radius 1 is 1.10 bits per heavy atom. The van der Waals surface area contributed by atoms with Crippen molar-refractivity contribution in [3.8, 4) is 0 Å². The number of aliphatic hydroxyl groups is 4. The summed E-state index contributed by atoms with van der Waals surface area (Å²) in [6.07, 6.45) is -6.70. The number of fused-ring (bicyclic) bond motifs is 1. The third-order valence-electron chi connectivity index (χ3n) is 4.04. The van der Waals surface area contributed by atoms with Crippen LogP contribution >= 0.6 is 0 Å². The summed E-state index contributed by atoms with van der Waals surface area (Å²) >= 11 is 0. The molecule has 0 radical (unpaired) electrons. The molecule has 1 saturated carbocycles. The van der Waals surface area contributed by atoms with Gasteiger partial charge in [0.25, 0.3) is 0 Å². The zero-order valence-corrected chi connectivity index (χ0v) is 11.0. The molecule has 0 spiro atoms. The van der Waals surface area contributed by atoms with Gasteiger partial charge in [0.2, 0.25) is 0 Å². The summed E-state index contributed by atoms with van der Waals surface area (Å²) in [7, 11) is 0. The molecule has 4 N–H and O–H groups in total. The van der Waals surface area contributed by atoms with Crippen molar-refractivity contribution in [2.24, 2.45) is 0 Å². The Bertz CT molecular complexity index is 533. The van der Waals surface area contributed by atoms with Crippen LogP contribution in [0.5, 0.6) is 0 Å². The molecule has 1 aromatic rings. The Balaban J connectivity index is 1.67. The standard InChI is InChI=1S/C14H16O7/c15-8-9(16)11(18)14(12(21-14)10(8)17)6-20-13(19)7-4-2-1-3-5-7/h1-5,8-12,15-18H,6H2. The van der Waals surface area contributed by atoms with Crippen molar-refractivity contribution in [3.63, 3.8) is 0 Å². The van der Waals surface area contributed by atoms with E-state index >= 15 is 0 Å². The van der Waals surface area contributed by atoms with Gasteiger partial charge in [-0.2, -0.15) is 0 Å². The summed E-state index contributed by atoms with van der Waals surface area (Å²) in [5.74, 6) is -0.596. The Labute approximate surface area is 120 Å². The Kier molecular flexibility index (Phi) is 3.46. The molecule has 7 heteroatoms. The van der Waals surface area contributed by atoms with Gasteiger partial charge in [0, 0.05) is 0 Å². The quantitative estimate of drug-likeness (QED) is 0.393. The molecule has 2 fully saturated rings. The van der Waals surface area contributed by atoms with Crippen LogP contribution in [0.25, 0.3) is 0 Å². The van der Waals surface area contributed by atoms with Crippen molar-refractivity contribution in [2.45, 2.75) is 36.1 Å². The normalized spacial score (nSPS) is 41.2. The highest BCUT2D eigenvalue weighted by Gasteiger charge is 2.72. The lowest BCUT2D eigenvalue weighted by Crippen LogP contribution is -2.60. The fraction of sp³-hybridized carbons (Fsp3) is 0.500. The smallest absolute Gasteiger partial charge is 0.338 e. The van der Waals surface area contributed by atoms with Gasteiger partial charge in [-0.05, 0) is 12.1 Å². The molecule has 2 aliphatic rings. The number of ether oxygens (including phenoxy) is 2. The number of carbonyl (C=O) groups excluding carboxylic acids is 1. The van der Waals surface area contributed by atoms with Crippen molar-refractivity contribution in [1.82, 2.24) is 0 Å². The second-order valence-corrected chi connectivity index (χ2v) is 5.35. The van der Waals surface area contributed by atoms with Crippen LogP contribution in [0.2, 0.25) is 0 Å². The molecule has 114 valence electrons. The first-order chi connectivity index (χ1) is 9.97. The first kappa shape index (κ1) is 14.4. The number of rotatable bonds is 3. The molecular weight excluding hydrogens is 280 g/mol. The van der Waals surface area contributed by atoms with Crippen LogP contribution in [0.3, 0.4) is 0 Å². The van der Waals surface area contributed by atoms with Gasteiger partial charge >= 0.3 is 5.97 Å². The first-order valence-electron chi connectivity index (χ1n) is 6.59. The highest BCUT2D eigenvalue weighted by molar-refractivity contribution is 5.89. The van der Waals surface area contributed by atoms with Gasteiger partial charge in [-0.15, -0.1) is 0 Å². The Hall–Kier alpha value is -1.51. The number of carbonyl (C=O) groups is 1. The maximum Gasteiger partial charge on any atom is 0.338 e. The third-order valence-corrected chi connectivity index (χ3v) is 4.04. The summed E-state index contributed by atoms with van der Waals surface area (Å²) in [5, 5.41) is 38.9. The van der Waals surface area contributed by atoms with Crippen molar-refractivity contribution in [1.29, 1.82) is 0 Å². The number of hydrogen-bond acceptors (Lipinski definition) is 7. The van der Waals surface area contributed by atoms with Gasteiger partial charge in [-0.3, -0.25) is 0 Å². The lowest BCUT2D eigenvalue weighted by atomic mass is 9.81. The Morgan fingerprint density at radius 3 is 2.43 bits per heavy atom. The Morgan fingerprint density at radius 2 is 1.76 bits per heavy atom. The summed E-state index contributed by atoms with van der Waals surface area (Å²) in [6, 6.07) is 8.29. The summed E-state index contributed by atoms with van der Waals surface area (Å²) < 4.78 is 10.3. The molecule has 6 unspecified atom stereocenters. The van der Waals surface area contributed by atoms with Crippen molar-refractivity contribution in [2.75, 3.05) is 6.61 Å².